The van der Waals surface area contributed by atoms with E-state index in [1.165, 1.54) is 0 Å². The molecule has 0 aliphatic rings. The molecule has 0 spiro atoms. The second kappa shape index (κ2) is 6.47. The molecule has 1 aromatic rings. The molecule has 108 valence electrons. The highest BCUT2D eigenvalue weighted by atomic mass is 79.9. The molecule has 4 nitrogen and oxygen atoms in total. The van der Waals surface area contributed by atoms with Gasteiger partial charge in [0.1, 0.15) is 23.5 Å². The van der Waals surface area contributed by atoms with Crippen LogP contribution in [0.2, 0.25) is 0 Å². The highest BCUT2D eigenvalue weighted by Gasteiger charge is 2.40. The molecule has 0 unspecified atom stereocenters. The third-order valence-corrected chi connectivity index (χ3v) is 2.99. The molecule has 0 saturated carbocycles. The molecule has 1 heterocycles. The Labute approximate surface area is 114 Å². The molecule has 19 heavy (non-hydrogen) atoms. The van der Waals surface area contributed by atoms with Gasteiger partial charge in [-0.2, -0.15) is 8.78 Å². The van der Waals surface area contributed by atoms with Crippen molar-refractivity contribution in [1.82, 2.24) is 9.97 Å². The first-order valence-corrected chi connectivity index (χ1v) is 6.08. The van der Waals surface area contributed by atoms with E-state index in [4.69, 9.17) is 0 Å². The van der Waals surface area contributed by atoms with Gasteiger partial charge in [0.25, 0.3) is 5.56 Å². The molecule has 0 aliphatic heterocycles. The lowest BCUT2D eigenvalue weighted by Gasteiger charge is -2.15. The van der Waals surface area contributed by atoms with Crippen LogP contribution in [0.15, 0.2) is 9.27 Å². The fourth-order valence-electron chi connectivity index (χ4n) is 1.21. The number of nitrogens with one attached hydrogen (secondary N) is 1. The zero-order valence-corrected chi connectivity index (χ0v) is 11.4. The van der Waals surface area contributed by atoms with Gasteiger partial charge < -0.3 is 9.72 Å². The Morgan fingerprint density at radius 1 is 1.47 bits per heavy atom. The number of alkyl halides is 4. The number of hydrogen-bond donors (Lipinski definition) is 1. The van der Waals surface area contributed by atoms with Crippen molar-refractivity contribution >= 4 is 15.9 Å². The van der Waals surface area contributed by atoms with Crippen molar-refractivity contribution in [2.75, 3.05) is 6.61 Å². The number of H-pyrrole nitrogens is 1. The van der Waals surface area contributed by atoms with E-state index in [0.29, 0.717) is 12.1 Å². The molecule has 0 aliphatic carbocycles. The number of nitrogens with zero attached hydrogens (tertiary/aromatic N) is 1. The van der Waals surface area contributed by atoms with Crippen molar-refractivity contribution in [3.05, 3.63) is 26.3 Å². The molecule has 0 aromatic carbocycles. The maximum atomic E-state index is 12.6. The molecule has 9 heteroatoms. The average molecular weight is 347 g/mol. The maximum absolute atomic E-state index is 12.6. The number of aromatic nitrogens is 2. The topological polar surface area (TPSA) is 55.0 Å². The van der Waals surface area contributed by atoms with Crippen LogP contribution in [0, 0.1) is 0 Å². The van der Waals surface area contributed by atoms with E-state index >= 15 is 0 Å². The second-order valence-corrected chi connectivity index (χ2v) is 4.47. The van der Waals surface area contributed by atoms with E-state index in [9.17, 15) is 22.4 Å². The summed E-state index contributed by atoms with van der Waals surface area (Å²) in [5.41, 5.74) is -0.0472. The smallest absolute Gasteiger partial charge is 0.330 e. The summed E-state index contributed by atoms with van der Waals surface area (Å²) < 4.78 is 53.6. The fraction of sp³-hybridized carbons (Fsp3) is 0.600. The number of hydrogen-bond acceptors (Lipinski definition) is 3. The number of aryl methyl sites for hydroxylation is 1. The van der Waals surface area contributed by atoms with Gasteiger partial charge >= 0.3 is 12.3 Å². The normalized spacial score (nSPS) is 12.2. The third kappa shape index (κ3) is 4.27. The van der Waals surface area contributed by atoms with Crippen LogP contribution in [-0.2, 0) is 17.8 Å². The van der Waals surface area contributed by atoms with Crippen LogP contribution >= 0.6 is 15.9 Å². The van der Waals surface area contributed by atoms with Gasteiger partial charge in [-0.25, -0.2) is 13.8 Å². The van der Waals surface area contributed by atoms with Gasteiger partial charge in [-0.1, -0.05) is 6.92 Å². The first-order chi connectivity index (χ1) is 8.77. The van der Waals surface area contributed by atoms with Crippen LogP contribution in [0.5, 0.6) is 0 Å². The van der Waals surface area contributed by atoms with Crippen LogP contribution < -0.4 is 5.56 Å². The summed E-state index contributed by atoms with van der Waals surface area (Å²) in [6.45, 7) is -0.161. The Morgan fingerprint density at radius 3 is 2.63 bits per heavy atom. The lowest BCUT2D eigenvalue weighted by atomic mass is 10.3. The van der Waals surface area contributed by atoms with Gasteiger partial charge in [-0.05, 0) is 22.4 Å². The summed E-state index contributed by atoms with van der Waals surface area (Å²) >= 11 is 3.03. The van der Waals surface area contributed by atoms with Crippen molar-refractivity contribution in [1.29, 1.82) is 0 Å². The van der Waals surface area contributed by atoms with Crippen LogP contribution in [0.4, 0.5) is 17.6 Å². The molecule has 0 amide bonds. The summed E-state index contributed by atoms with van der Waals surface area (Å²) in [5.74, 6) is -4.21. The van der Waals surface area contributed by atoms with Crippen molar-refractivity contribution in [3.8, 4) is 0 Å². The van der Waals surface area contributed by atoms with E-state index in [0.717, 1.165) is 0 Å². The van der Waals surface area contributed by atoms with E-state index in [-0.39, 0.29) is 10.3 Å². The summed E-state index contributed by atoms with van der Waals surface area (Å²) in [7, 11) is 0. The van der Waals surface area contributed by atoms with Crippen LogP contribution in [0.3, 0.4) is 0 Å². The van der Waals surface area contributed by atoms with E-state index in [2.05, 4.69) is 30.6 Å². The highest BCUT2D eigenvalue weighted by molar-refractivity contribution is 9.10. The van der Waals surface area contributed by atoms with Crippen molar-refractivity contribution in [2.45, 2.75) is 32.3 Å². The van der Waals surface area contributed by atoms with E-state index < -0.39 is 31.1 Å². The molecule has 1 N–H and O–H groups in total. The molecule has 0 bridgehead atoms. The van der Waals surface area contributed by atoms with Gasteiger partial charge in [0.05, 0.1) is 5.69 Å². The predicted molar refractivity (Wildman–Crippen MR) is 62.5 cm³/mol. The van der Waals surface area contributed by atoms with E-state index in [1.54, 1.807) is 6.92 Å². The quantitative estimate of drug-likeness (QED) is 0.805. The van der Waals surface area contributed by atoms with Gasteiger partial charge in [0.2, 0.25) is 0 Å². The maximum Gasteiger partial charge on any atom is 0.330 e. The SMILES string of the molecule is CCc1nc(COCC(F)(F)C(F)F)[nH]c(=O)c1Br. The third-order valence-electron chi connectivity index (χ3n) is 2.17. The Kier molecular flexibility index (Phi) is 5.48. The average Bonchev–Trinajstić information content (AvgIpc) is 2.33. The Morgan fingerprint density at radius 2 is 2.11 bits per heavy atom. The highest BCUT2D eigenvalue weighted by Crippen LogP contribution is 2.23. The van der Waals surface area contributed by atoms with Gasteiger partial charge in [0.15, 0.2) is 0 Å². The zero-order valence-electron chi connectivity index (χ0n) is 9.85. The summed E-state index contributed by atoms with van der Waals surface area (Å²) in [6, 6.07) is 0. The van der Waals surface area contributed by atoms with E-state index in [1.807, 2.05) is 0 Å². The van der Waals surface area contributed by atoms with Crippen molar-refractivity contribution in [3.63, 3.8) is 0 Å². The lowest BCUT2D eigenvalue weighted by molar-refractivity contribution is -0.168. The first-order valence-electron chi connectivity index (χ1n) is 5.29. The Balaban J connectivity index is 2.69. The van der Waals surface area contributed by atoms with Crippen LogP contribution in [0.25, 0.3) is 0 Å². The van der Waals surface area contributed by atoms with Gasteiger partial charge in [0, 0.05) is 0 Å². The van der Waals surface area contributed by atoms with Gasteiger partial charge in [-0.15, -0.1) is 0 Å². The number of halogens is 5. The zero-order chi connectivity index (χ0) is 14.6. The standard InChI is InChI=1S/C10H11BrF4N2O2/c1-2-5-7(11)8(18)17-6(16-5)3-19-4-10(14,15)9(12)13/h9H,2-4H2,1H3,(H,16,17,18). The number of aromatic amines is 1. The van der Waals surface area contributed by atoms with Gasteiger partial charge in [-0.3, -0.25) is 4.79 Å². The first kappa shape index (κ1) is 16.1. The minimum absolute atomic E-state index is 0.00937. The molecular formula is C10H11BrF4N2O2. The predicted octanol–water partition coefficient (Wildman–Crippen LogP) is 2.51. The Hall–Kier alpha value is -0.960. The lowest BCUT2D eigenvalue weighted by Crippen LogP contribution is -2.32. The molecule has 0 radical (unpaired) electrons. The van der Waals surface area contributed by atoms with Crippen molar-refractivity contribution < 1.29 is 22.3 Å². The fourth-order valence-corrected chi connectivity index (χ4v) is 1.67. The molecule has 0 fully saturated rings. The summed E-state index contributed by atoms with van der Waals surface area (Å²) in [6.07, 6.45) is -3.35. The molecular weight excluding hydrogens is 336 g/mol. The minimum Gasteiger partial charge on any atom is -0.367 e. The van der Waals surface area contributed by atoms with Crippen LogP contribution in [0.1, 0.15) is 18.4 Å². The number of ether oxygens (including phenoxy) is 1. The molecule has 0 atom stereocenters. The molecule has 1 rings (SSSR count). The van der Waals surface area contributed by atoms with Crippen LogP contribution in [-0.4, -0.2) is 28.9 Å². The molecule has 1 aromatic heterocycles. The number of rotatable bonds is 6. The minimum atomic E-state index is -4.22. The molecule has 0 saturated heterocycles. The summed E-state index contributed by atoms with van der Waals surface area (Å²) in [4.78, 5) is 17.7. The monoisotopic (exact) mass is 346 g/mol. The Bertz CT molecular complexity index is 493. The summed E-state index contributed by atoms with van der Waals surface area (Å²) in [5, 5.41) is 0. The van der Waals surface area contributed by atoms with Crippen molar-refractivity contribution in [2.24, 2.45) is 0 Å². The largest absolute Gasteiger partial charge is 0.367 e. The second-order valence-electron chi connectivity index (χ2n) is 3.68.